The maximum atomic E-state index is 13.3. The molecule has 1 aliphatic rings. The SMILES string of the molecule is CCC1(CC)c2cc(OCCCO)ccc2C(=O)c2c1oc1ccccc21. The van der Waals surface area contributed by atoms with Crippen molar-refractivity contribution in [1.29, 1.82) is 0 Å². The van der Waals surface area contributed by atoms with E-state index in [9.17, 15) is 4.79 Å². The van der Waals surface area contributed by atoms with Crippen LogP contribution in [0.3, 0.4) is 0 Å². The highest BCUT2D eigenvalue weighted by Crippen LogP contribution is 2.50. The van der Waals surface area contributed by atoms with Gasteiger partial charge in [0, 0.05) is 24.0 Å². The van der Waals surface area contributed by atoms with Gasteiger partial charge >= 0.3 is 0 Å². The lowest BCUT2D eigenvalue weighted by Crippen LogP contribution is -2.34. The third-order valence-electron chi connectivity index (χ3n) is 5.79. The summed E-state index contributed by atoms with van der Waals surface area (Å²) in [6, 6.07) is 13.5. The number of hydrogen-bond acceptors (Lipinski definition) is 4. The lowest BCUT2D eigenvalue weighted by Gasteiger charge is -2.36. The molecule has 140 valence electrons. The second kappa shape index (κ2) is 6.86. The number of benzene rings is 2. The summed E-state index contributed by atoms with van der Waals surface area (Å²) >= 11 is 0. The Morgan fingerprint density at radius 2 is 1.89 bits per heavy atom. The Hall–Kier alpha value is -2.59. The fourth-order valence-corrected chi connectivity index (χ4v) is 4.28. The van der Waals surface area contributed by atoms with Crippen molar-refractivity contribution in [2.45, 2.75) is 38.5 Å². The lowest BCUT2D eigenvalue weighted by atomic mass is 9.66. The van der Waals surface area contributed by atoms with Crippen LogP contribution in [-0.2, 0) is 5.41 Å². The minimum atomic E-state index is -0.353. The molecule has 0 spiro atoms. The summed E-state index contributed by atoms with van der Waals surface area (Å²) in [4.78, 5) is 13.3. The van der Waals surface area contributed by atoms with Gasteiger partial charge in [0.2, 0.25) is 0 Å². The molecule has 1 heterocycles. The second-order valence-electron chi connectivity index (χ2n) is 7.05. The molecule has 0 radical (unpaired) electrons. The minimum Gasteiger partial charge on any atom is -0.493 e. The molecule has 0 amide bonds. The standard InChI is InChI=1S/C23H24O4/c1-3-23(4-2)18-14-15(26-13-7-12-24)10-11-16(18)21(25)20-17-8-5-6-9-19(17)27-22(20)23/h5-6,8-11,14,24H,3-4,7,12-13H2,1-2H3. The molecule has 4 rings (SSSR count). The van der Waals surface area contributed by atoms with Crippen molar-refractivity contribution in [1.82, 2.24) is 0 Å². The molecule has 3 aromatic rings. The molecule has 0 saturated carbocycles. The largest absolute Gasteiger partial charge is 0.493 e. The number of fused-ring (bicyclic) bond motifs is 4. The van der Waals surface area contributed by atoms with Crippen LogP contribution < -0.4 is 4.74 Å². The predicted octanol–water partition coefficient (Wildman–Crippen LogP) is 4.84. The maximum absolute atomic E-state index is 13.3. The molecule has 0 bridgehead atoms. The lowest BCUT2D eigenvalue weighted by molar-refractivity contribution is 0.102. The fraction of sp³-hybridized carbons (Fsp3) is 0.348. The highest BCUT2D eigenvalue weighted by Gasteiger charge is 2.45. The van der Waals surface area contributed by atoms with Gasteiger partial charge in [-0.15, -0.1) is 0 Å². The molecule has 27 heavy (non-hydrogen) atoms. The van der Waals surface area contributed by atoms with Crippen LogP contribution in [0.1, 0.15) is 60.4 Å². The van der Waals surface area contributed by atoms with Gasteiger partial charge in [-0.05, 0) is 42.7 Å². The Morgan fingerprint density at radius 3 is 2.63 bits per heavy atom. The molecule has 4 heteroatoms. The number of rotatable bonds is 6. The Morgan fingerprint density at radius 1 is 1.11 bits per heavy atom. The van der Waals surface area contributed by atoms with Crippen LogP contribution in [-0.4, -0.2) is 24.1 Å². The van der Waals surface area contributed by atoms with E-state index in [1.807, 2.05) is 42.5 Å². The molecule has 0 aliphatic heterocycles. The number of para-hydroxylation sites is 1. The second-order valence-corrected chi connectivity index (χ2v) is 7.05. The summed E-state index contributed by atoms with van der Waals surface area (Å²) in [5, 5.41) is 9.86. The first-order chi connectivity index (χ1) is 13.2. The minimum absolute atomic E-state index is 0.0179. The van der Waals surface area contributed by atoms with E-state index in [-0.39, 0.29) is 17.8 Å². The molecule has 0 atom stereocenters. The van der Waals surface area contributed by atoms with Crippen molar-refractivity contribution in [3.05, 3.63) is 64.9 Å². The van der Waals surface area contributed by atoms with Crippen molar-refractivity contribution in [3.8, 4) is 5.75 Å². The van der Waals surface area contributed by atoms with Crippen LogP contribution in [0, 0.1) is 0 Å². The van der Waals surface area contributed by atoms with Crippen LogP contribution in [0.15, 0.2) is 46.9 Å². The number of carbonyl (C=O) groups excluding carboxylic acids is 1. The van der Waals surface area contributed by atoms with Gasteiger partial charge in [-0.25, -0.2) is 0 Å². The third kappa shape index (κ3) is 2.59. The summed E-state index contributed by atoms with van der Waals surface area (Å²) in [5.74, 6) is 1.52. The fourth-order valence-electron chi connectivity index (χ4n) is 4.28. The number of ether oxygens (including phenoxy) is 1. The summed E-state index contributed by atoms with van der Waals surface area (Å²) < 4.78 is 12.0. The van der Waals surface area contributed by atoms with Crippen LogP contribution in [0.2, 0.25) is 0 Å². The molecule has 0 saturated heterocycles. The number of carbonyl (C=O) groups is 1. The Bertz CT molecular complexity index is 995. The van der Waals surface area contributed by atoms with Gasteiger partial charge in [-0.2, -0.15) is 0 Å². The topological polar surface area (TPSA) is 59.7 Å². The van der Waals surface area contributed by atoms with E-state index in [2.05, 4.69) is 13.8 Å². The van der Waals surface area contributed by atoms with E-state index in [0.717, 1.165) is 46.4 Å². The first kappa shape index (κ1) is 17.8. The number of ketones is 1. The molecule has 1 N–H and O–H groups in total. The van der Waals surface area contributed by atoms with Gasteiger partial charge in [0.25, 0.3) is 0 Å². The van der Waals surface area contributed by atoms with Crippen molar-refractivity contribution >= 4 is 16.8 Å². The zero-order chi connectivity index (χ0) is 19.0. The molecule has 4 nitrogen and oxygen atoms in total. The van der Waals surface area contributed by atoms with E-state index >= 15 is 0 Å². The smallest absolute Gasteiger partial charge is 0.197 e. The van der Waals surface area contributed by atoms with Gasteiger partial charge in [0.05, 0.1) is 17.6 Å². The normalized spacial score (nSPS) is 14.9. The van der Waals surface area contributed by atoms with Gasteiger partial charge in [0.1, 0.15) is 17.1 Å². The van der Waals surface area contributed by atoms with Gasteiger partial charge in [0.15, 0.2) is 5.78 Å². The molecule has 0 fully saturated rings. The summed E-state index contributed by atoms with van der Waals surface area (Å²) in [6.45, 7) is 4.82. The molecule has 1 aliphatic carbocycles. The molecule has 0 unspecified atom stereocenters. The van der Waals surface area contributed by atoms with Crippen LogP contribution in [0.5, 0.6) is 5.75 Å². The molecule has 1 aromatic heterocycles. The van der Waals surface area contributed by atoms with Crippen LogP contribution in [0.25, 0.3) is 11.0 Å². The van der Waals surface area contributed by atoms with Crippen molar-refractivity contribution in [3.63, 3.8) is 0 Å². The molecular formula is C23H24O4. The third-order valence-corrected chi connectivity index (χ3v) is 5.79. The van der Waals surface area contributed by atoms with Crippen LogP contribution >= 0.6 is 0 Å². The maximum Gasteiger partial charge on any atom is 0.197 e. The zero-order valence-electron chi connectivity index (χ0n) is 15.7. The Labute approximate surface area is 158 Å². The van der Waals surface area contributed by atoms with E-state index in [1.165, 1.54) is 0 Å². The van der Waals surface area contributed by atoms with E-state index in [0.29, 0.717) is 18.6 Å². The monoisotopic (exact) mass is 364 g/mol. The van der Waals surface area contributed by atoms with E-state index in [1.54, 1.807) is 0 Å². The van der Waals surface area contributed by atoms with Crippen molar-refractivity contribution < 1.29 is 19.1 Å². The predicted molar refractivity (Wildman–Crippen MR) is 105 cm³/mol. The number of hydrogen-bond donors (Lipinski definition) is 1. The van der Waals surface area contributed by atoms with E-state index < -0.39 is 0 Å². The number of furan rings is 1. The molecule has 2 aromatic carbocycles. The average Bonchev–Trinajstić information content (AvgIpc) is 3.09. The molecular weight excluding hydrogens is 340 g/mol. The van der Waals surface area contributed by atoms with Gasteiger partial charge in [-0.3, -0.25) is 4.79 Å². The number of aliphatic hydroxyl groups is 1. The van der Waals surface area contributed by atoms with E-state index in [4.69, 9.17) is 14.3 Å². The summed E-state index contributed by atoms with van der Waals surface area (Å²) in [5.41, 5.74) is 2.82. The summed E-state index contributed by atoms with van der Waals surface area (Å²) in [7, 11) is 0. The highest BCUT2D eigenvalue weighted by atomic mass is 16.5. The van der Waals surface area contributed by atoms with Crippen molar-refractivity contribution in [2.75, 3.05) is 13.2 Å². The summed E-state index contributed by atoms with van der Waals surface area (Å²) in [6.07, 6.45) is 2.24. The first-order valence-electron chi connectivity index (χ1n) is 9.61. The van der Waals surface area contributed by atoms with Gasteiger partial charge in [-0.1, -0.05) is 32.0 Å². The zero-order valence-corrected chi connectivity index (χ0v) is 15.7. The Balaban J connectivity index is 1.92. The van der Waals surface area contributed by atoms with Crippen LogP contribution in [0.4, 0.5) is 0 Å². The highest BCUT2D eigenvalue weighted by molar-refractivity contribution is 6.19. The average molecular weight is 364 g/mol. The first-order valence-corrected chi connectivity index (χ1v) is 9.61. The quantitative estimate of drug-likeness (QED) is 0.636. The number of aliphatic hydroxyl groups excluding tert-OH is 1. The van der Waals surface area contributed by atoms with Crippen molar-refractivity contribution in [2.24, 2.45) is 0 Å². The van der Waals surface area contributed by atoms with Gasteiger partial charge < -0.3 is 14.3 Å². The Kier molecular flexibility index (Phi) is 4.52.